The highest BCUT2D eigenvalue weighted by molar-refractivity contribution is 7.98. The number of aromatic nitrogens is 7. The molecular weight excluding hydrogens is 411 g/mol. The number of H-pyrrole nitrogens is 1. The van der Waals surface area contributed by atoms with E-state index in [2.05, 4.69) is 20.2 Å². The second kappa shape index (κ2) is 8.05. The van der Waals surface area contributed by atoms with E-state index >= 15 is 0 Å². The molecule has 0 aromatic carbocycles. The maximum atomic E-state index is 12.9. The third-order valence-corrected chi connectivity index (χ3v) is 5.45. The Bertz CT molecular complexity index is 1140. The fraction of sp³-hybridized carbons (Fsp3) is 0.562. The molecule has 29 heavy (non-hydrogen) atoms. The first kappa shape index (κ1) is 21.1. The number of hydrogen-bond donors (Lipinski definition) is 1. The maximum absolute atomic E-state index is 12.9. The van der Waals surface area contributed by atoms with Crippen LogP contribution < -0.4 is 11.2 Å². The highest BCUT2D eigenvalue weighted by atomic mass is 32.2. The zero-order chi connectivity index (χ0) is 21.3. The van der Waals surface area contributed by atoms with Crippen molar-refractivity contribution in [2.45, 2.75) is 56.9 Å². The van der Waals surface area contributed by atoms with Gasteiger partial charge in [-0.15, -0.1) is 10.2 Å². The molecule has 3 aromatic rings. The average molecular weight is 431 g/mol. The fourth-order valence-electron chi connectivity index (χ4n) is 3.01. The Labute approximate surface area is 167 Å². The number of alkyl halides is 3. The molecule has 0 aliphatic carbocycles. The van der Waals surface area contributed by atoms with E-state index in [4.69, 9.17) is 0 Å². The van der Waals surface area contributed by atoms with Crippen LogP contribution in [0.4, 0.5) is 13.2 Å². The molecule has 0 unspecified atom stereocenters. The number of aryl methyl sites for hydroxylation is 2. The SMILES string of the molecule is CCCCn1c(=O)[nH]c(=O)c2c1nc(CSc1nnc(C(F)(F)F)n1C)n2CC. The van der Waals surface area contributed by atoms with Gasteiger partial charge in [0.2, 0.25) is 5.82 Å². The van der Waals surface area contributed by atoms with Crippen LogP contribution in [-0.4, -0.2) is 33.9 Å². The van der Waals surface area contributed by atoms with Crippen molar-refractivity contribution in [1.82, 2.24) is 33.9 Å². The molecule has 0 saturated carbocycles. The minimum Gasteiger partial charge on any atom is -0.322 e. The lowest BCUT2D eigenvalue weighted by molar-refractivity contribution is -0.147. The molecule has 0 aliphatic rings. The zero-order valence-electron chi connectivity index (χ0n) is 16.1. The number of rotatable bonds is 7. The van der Waals surface area contributed by atoms with Gasteiger partial charge < -0.3 is 9.13 Å². The van der Waals surface area contributed by atoms with Crippen LogP contribution in [0.3, 0.4) is 0 Å². The Morgan fingerprint density at radius 1 is 1.14 bits per heavy atom. The van der Waals surface area contributed by atoms with Crippen LogP contribution in [0.1, 0.15) is 38.3 Å². The zero-order valence-corrected chi connectivity index (χ0v) is 16.9. The predicted octanol–water partition coefficient (Wildman–Crippen LogP) is 2.15. The minimum atomic E-state index is -4.60. The molecule has 13 heteroatoms. The molecule has 1 N–H and O–H groups in total. The molecule has 9 nitrogen and oxygen atoms in total. The van der Waals surface area contributed by atoms with Crippen LogP contribution in [0.15, 0.2) is 14.7 Å². The van der Waals surface area contributed by atoms with Gasteiger partial charge in [-0.3, -0.25) is 14.3 Å². The molecule has 3 rings (SSSR count). The van der Waals surface area contributed by atoms with Gasteiger partial charge in [0.15, 0.2) is 16.3 Å². The fourth-order valence-corrected chi connectivity index (χ4v) is 3.87. The van der Waals surface area contributed by atoms with Gasteiger partial charge in [0.25, 0.3) is 5.56 Å². The van der Waals surface area contributed by atoms with Gasteiger partial charge >= 0.3 is 11.9 Å². The molecule has 3 aromatic heterocycles. The first-order chi connectivity index (χ1) is 13.7. The van der Waals surface area contributed by atoms with Crippen molar-refractivity contribution < 1.29 is 13.2 Å². The van der Waals surface area contributed by atoms with Crippen molar-refractivity contribution in [3.8, 4) is 0 Å². The Morgan fingerprint density at radius 3 is 2.45 bits per heavy atom. The van der Waals surface area contributed by atoms with Crippen molar-refractivity contribution in [3.05, 3.63) is 32.5 Å². The van der Waals surface area contributed by atoms with Crippen molar-refractivity contribution in [2.24, 2.45) is 7.05 Å². The summed E-state index contributed by atoms with van der Waals surface area (Å²) in [4.78, 5) is 31.4. The molecule has 0 radical (unpaired) electrons. The van der Waals surface area contributed by atoms with Gasteiger partial charge in [-0.1, -0.05) is 25.1 Å². The van der Waals surface area contributed by atoms with Crippen molar-refractivity contribution in [3.63, 3.8) is 0 Å². The first-order valence-corrected chi connectivity index (χ1v) is 9.99. The summed E-state index contributed by atoms with van der Waals surface area (Å²) in [6.45, 7) is 4.62. The number of fused-ring (bicyclic) bond motifs is 1. The Morgan fingerprint density at radius 2 is 1.86 bits per heavy atom. The quantitative estimate of drug-likeness (QED) is 0.575. The van der Waals surface area contributed by atoms with Crippen molar-refractivity contribution in [2.75, 3.05) is 0 Å². The number of hydrogen-bond acceptors (Lipinski definition) is 6. The molecule has 0 aliphatic heterocycles. The molecule has 0 spiro atoms. The van der Waals surface area contributed by atoms with Crippen molar-refractivity contribution >= 4 is 22.9 Å². The molecule has 3 heterocycles. The summed E-state index contributed by atoms with van der Waals surface area (Å²) in [5, 5.41) is 6.86. The lowest BCUT2D eigenvalue weighted by Crippen LogP contribution is -2.31. The summed E-state index contributed by atoms with van der Waals surface area (Å²) in [5.74, 6) is -0.465. The van der Waals surface area contributed by atoms with Crippen LogP contribution in [0.2, 0.25) is 0 Å². The summed E-state index contributed by atoms with van der Waals surface area (Å²) in [6, 6.07) is 0. The minimum absolute atomic E-state index is 0.0734. The topological polar surface area (TPSA) is 103 Å². The third kappa shape index (κ3) is 3.95. The van der Waals surface area contributed by atoms with E-state index in [0.717, 1.165) is 29.2 Å². The van der Waals surface area contributed by atoms with Gasteiger partial charge in [-0.05, 0) is 13.3 Å². The van der Waals surface area contributed by atoms with Crippen molar-refractivity contribution in [1.29, 1.82) is 0 Å². The highest BCUT2D eigenvalue weighted by Gasteiger charge is 2.37. The normalized spacial score (nSPS) is 12.2. The summed E-state index contributed by atoms with van der Waals surface area (Å²) in [6.07, 6.45) is -3.00. The lowest BCUT2D eigenvalue weighted by Gasteiger charge is -2.07. The number of imidazole rings is 1. The third-order valence-electron chi connectivity index (χ3n) is 4.43. The molecular formula is C16H20F3N7O2S. The van der Waals surface area contributed by atoms with E-state index in [1.165, 1.54) is 11.6 Å². The van der Waals surface area contributed by atoms with Gasteiger partial charge in [-0.2, -0.15) is 13.2 Å². The number of unbranched alkanes of at least 4 members (excludes halogenated alkanes) is 1. The molecule has 0 atom stereocenters. The van der Waals surface area contributed by atoms with Crippen LogP contribution in [0, 0.1) is 0 Å². The van der Waals surface area contributed by atoms with E-state index in [-0.39, 0.29) is 22.1 Å². The van der Waals surface area contributed by atoms with E-state index < -0.39 is 23.2 Å². The first-order valence-electron chi connectivity index (χ1n) is 9.00. The van der Waals surface area contributed by atoms with Crippen LogP contribution >= 0.6 is 11.8 Å². The van der Waals surface area contributed by atoms with Gasteiger partial charge in [0, 0.05) is 20.1 Å². The van der Waals surface area contributed by atoms with Crippen LogP contribution in [-0.2, 0) is 32.1 Å². The number of halogens is 3. The van der Waals surface area contributed by atoms with E-state index in [1.807, 2.05) is 13.8 Å². The Kier molecular flexibility index (Phi) is 5.87. The van der Waals surface area contributed by atoms with Gasteiger partial charge in [0.1, 0.15) is 5.82 Å². The second-order valence-electron chi connectivity index (χ2n) is 6.36. The van der Waals surface area contributed by atoms with Crippen LogP contribution in [0.5, 0.6) is 0 Å². The standard InChI is InChI=1S/C16H20F3N7O2S/c1-4-6-7-26-11-10(12(27)21-14(26)28)25(5-2)9(20-11)8-29-15-23-22-13(24(15)3)16(17,18)19/h4-8H2,1-3H3,(H,21,27,28). The molecule has 0 amide bonds. The molecule has 158 valence electrons. The monoisotopic (exact) mass is 431 g/mol. The maximum Gasteiger partial charge on any atom is 0.451 e. The Hall–Kier alpha value is -2.57. The number of nitrogens with one attached hydrogen (secondary N) is 1. The van der Waals surface area contributed by atoms with Gasteiger partial charge in [0.05, 0.1) is 5.75 Å². The summed E-state index contributed by atoms with van der Waals surface area (Å²) in [7, 11) is 1.24. The van der Waals surface area contributed by atoms with E-state index in [0.29, 0.717) is 18.9 Å². The highest BCUT2D eigenvalue weighted by Crippen LogP contribution is 2.30. The summed E-state index contributed by atoms with van der Waals surface area (Å²) in [5.41, 5.74) is -0.522. The van der Waals surface area contributed by atoms with E-state index in [1.54, 1.807) is 4.57 Å². The van der Waals surface area contributed by atoms with Crippen LogP contribution in [0.25, 0.3) is 11.2 Å². The Balaban J connectivity index is 2.00. The van der Waals surface area contributed by atoms with Gasteiger partial charge in [-0.25, -0.2) is 9.78 Å². The average Bonchev–Trinajstić information content (AvgIpc) is 3.20. The summed E-state index contributed by atoms with van der Waals surface area (Å²) >= 11 is 1.02. The smallest absolute Gasteiger partial charge is 0.322 e. The largest absolute Gasteiger partial charge is 0.451 e. The lowest BCUT2D eigenvalue weighted by atomic mass is 10.3. The number of nitrogens with zero attached hydrogens (tertiary/aromatic N) is 6. The number of aromatic amines is 1. The molecule has 0 saturated heterocycles. The number of thioether (sulfide) groups is 1. The predicted molar refractivity (Wildman–Crippen MR) is 101 cm³/mol. The molecule has 0 bridgehead atoms. The molecule has 0 fully saturated rings. The second-order valence-corrected chi connectivity index (χ2v) is 7.30. The summed E-state index contributed by atoms with van der Waals surface area (Å²) < 4.78 is 42.6. The van der Waals surface area contributed by atoms with E-state index in [9.17, 15) is 22.8 Å².